The molecule has 0 atom stereocenters. The van der Waals surface area contributed by atoms with Crippen molar-refractivity contribution in [1.82, 2.24) is 14.5 Å². The molecule has 1 amide bonds. The lowest BCUT2D eigenvalue weighted by atomic mass is 10.00. The number of benzene rings is 2. The third-order valence-electron chi connectivity index (χ3n) is 5.54. The Morgan fingerprint density at radius 1 is 1.13 bits per heavy atom. The zero-order chi connectivity index (χ0) is 20.8. The Kier molecular flexibility index (Phi) is 4.53. The van der Waals surface area contributed by atoms with Crippen molar-refractivity contribution in [2.24, 2.45) is 0 Å². The molecule has 6 nitrogen and oxygen atoms in total. The summed E-state index contributed by atoms with van der Waals surface area (Å²) in [5.41, 5.74) is 1.76. The number of methoxy groups -OCH3 is 1. The highest BCUT2D eigenvalue weighted by Crippen LogP contribution is 2.29. The number of carbonyl (C=O) groups is 1. The third-order valence-corrected chi connectivity index (χ3v) is 5.78. The quantitative estimate of drug-likeness (QED) is 0.475. The van der Waals surface area contributed by atoms with Crippen LogP contribution in [0.3, 0.4) is 0 Å². The van der Waals surface area contributed by atoms with Gasteiger partial charge in [-0.3, -0.25) is 9.59 Å². The Labute approximate surface area is 177 Å². The van der Waals surface area contributed by atoms with E-state index in [2.05, 4.69) is 5.10 Å². The van der Waals surface area contributed by atoms with Crippen LogP contribution in [0.2, 0.25) is 5.02 Å². The first-order chi connectivity index (χ1) is 14.6. The van der Waals surface area contributed by atoms with Crippen LogP contribution >= 0.6 is 11.6 Å². The van der Waals surface area contributed by atoms with Crippen LogP contribution in [-0.4, -0.2) is 46.7 Å². The smallest absolute Gasteiger partial charge is 0.279 e. The molecule has 0 bridgehead atoms. The van der Waals surface area contributed by atoms with E-state index in [4.69, 9.17) is 16.3 Å². The minimum atomic E-state index is -0.284. The van der Waals surface area contributed by atoms with E-state index in [1.165, 1.54) is 4.52 Å². The maximum atomic E-state index is 13.4. The van der Waals surface area contributed by atoms with Gasteiger partial charge in [-0.2, -0.15) is 9.61 Å². The summed E-state index contributed by atoms with van der Waals surface area (Å²) in [6, 6.07) is 16.3. The Balaban J connectivity index is 1.82. The number of fused-ring (bicyclic) bond motifs is 3. The predicted octanol–water partition coefficient (Wildman–Crippen LogP) is 3.64. The third kappa shape index (κ3) is 2.96. The van der Waals surface area contributed by atoms with E-state index in [0.29, 0.717) is 40.1 Å². The van der Waals surface area contributed by atoms with E-state index < -0.39 is 0 Å². The molecule has 0 radical (unpaired) electrons. The van der Waals surface area contributed by atoms with Crippen LogP contribution in [0.4, 0.5) is 0 Å². The van der Waals surface area contributed by atoms with Gasteiger partial charge in [-0.25, -0.2) is 0 Å². The highest BCUT2D eigenvalue weighted by Gasteiger charge is 2.33. The van der Waals surface area contributed by atoms with E-state index in [1.807, 2.05) is 36.4 Å². The molecule has 0 saturated carbocycles. The maximum Gasteiger partial charge on any atom is 0.279 e. The molecule has 0 spiro atoms. The Bertz CT molecular complexity index is 1340. The summed E-state index contributed by atoms with van der Waals surface area (Å²) in [4.78, 5) is 28.4. The molecule has 4 aromatic rings. The van der Waals surface area contributed by atoms with E-state index in [1.54, 1.807) is 36.4 Å². The molecular weight excluding hydrogens is 402 g/mol. The zero-order valence-corrected chi connectivity index (χ0v) is 17.0. The second-order valence-corrected chi connectivity index (χ2v) is 7.78. The van der Waals surface area contributed by atoms with Crippen molar-refractivity contribution in [2.45, 2.75) is 6.10 Å². The standard InChI is InChI=1S/C23H18ClN3O3/c1-30-17-12-26(13-17)22(28)20-10-19(14-5-3-2-4-6-14)23(29)27-21(20)18-9-16(24)8-7-15(18)11-25-27/h2-11,17H,12-13H2,1H3. The molecular formula is C23H18ClN3O3. The van der Waals surface area contributed by atoms with Gasteiger partial charge in [-0.15, -0.1) is 0 Å². The first-order valence-electron chi connectivity index (χ1n) is 9.58. The molecule has 0 aliphatic carbocycles. The van der Waals surface area contributed by atoms with Gasteiger partial charge in [0.25, 0.3) is 11.5 Å². The van der Waals surface area contributed by atoms with Crippen LogP contribution in [0, 0.1) is 0 Å². The molecule has 0 unspecified atom stereocenters. The average molecular weight is 420 g/mol. The summed E-state index contributed by atoms with van der Waals surface area (Å²) >= 11 is 6.24. The second-order valence-electron chi connectivity index (χ2n) is 7.35. The lowest BCUT2D eigenvalue weighted by Gasteiger charge is -2.38. The fourth-order valence-electron chi connectivity index (χ4n) is 3.85. The number of nitrogens with zero attached hydrogens (tertiary/aromatic N) is 3. The van der Waals surface area contributed by atoms with Gasteiger partial charge in [0.15, 0.2) is 0 Å². The molecule has 1 fully saturated rings. The molecule has 0 N–H and O–H groups in total. The van der Waals surface area contributed by atoms with E-state index in [-0.39, 0.29) is 17.6 Å². The fourth-order valence-corrected chi connectivity index (χ4v) is 4.02. The van der Waals surface area contributed by atoms with Gasteiger partial charge in [-0.1, -0.05) is 48.0 Å². The number of carbonyl (C=O) groups excluding carboxylic acids is 1. The Morgan fingerprint density at radius 2 is 1.90 bits per heavy atom. The minimum absolute atomic E-state index is 0.0320. The highest BCUT2D eigenvalue weighted by atomic mass is 35.5. The molecule has 7 heteroatoms. The topological polar surface area (TPSA) is 63.9 Å². The maximum absolute atomic E-state index is 13.4. The summed E-state index contributed by atoms with van der Waals surface area (Å²) in [6.07, 6.45) is 1.65. The van der Waals surface area contributed by atoms with Gasteiger partial charge >= 0.3 is 0 Å². The molecule has 1 aliphatic heterocycles. The van der Waals surface area contributed by atoms with Gasteiger partial charge in [0, 0.05) is 41.6 Å². The van der Waals surface area contributed by atoms with Crippen molar-refractivity contribution < 1.29 is 9.53 Å². The first kappa shape index (κ1) is 18.8. The summed E-state index contributed by atoms with van der Waals surface area (Å²) in [5.74, 6) is -0.160. The summed E-state index contributed by atoms with van der Waals surface area (Å²) < 4.78 is 6.62. The van der Waals surface area contributed by atoms with Gasteiger partial charge < -0.3 is 9.64 Å². The number of ether oxygens (including phenoxy) is 1. The number of halogens is 1. The van der Waals surface area contributed by atoms with Gasteiger partial charge in [-0.05, 0) is 23.8 Å². The fraction of sp³-hybridized carbons (Fsp3) is 0.174. The van der Waals surface area contributed by atoms with Crippen LogP contribution in [0.25, 0.3) is 27.4 Å². The average Bonchev–Trinajstić information content (AvgIpc) is 2.73. The largest absolute Gasteiger partial charge is 0.378 e. The predicted molar refractivity (Wildman–Crippen MR) is 116 cm³/mol. The van der Waals surface area contributed by atoms with Crippen molar-refractivity contribution in [2.75, 3.05) is 20.2 Å². The van der Waals surface area contributed by atoms with Crippen LogP contribution in [-0.2, 0) is 4.74 Å². The van der Waals surface area contributed by atoms with Crippen molar-refractivity contribution in [3.05, 3.63) is 81.7 Å². The van der Waals surface area contributed by atoms with Crippen molar-refractivity contribution >= 4 is 33.8 Å². The number of hydrogen-bond donors (Lipinski definition) is 0. The van der Waals surface area contributed by atoms with Gasteiger partial charge in [0.05, 0.1) is 23.4 Å². The first-order valence-corrected chi connectivity index (χ1v) is 9.96. The van der Waals surface area contributed by atoms with E-state index in [0.717, 1.165) is 10.9 Å². The van der Waals surface area contributed by atoms with Crippen molar-refractivity contribution in [3.8, 4) is 11.1 Å². The van der Waals surface area contributed by atoms with Crippen molar-refractivity contribution in [3.63, 3.8) is 0 Å². The summed E-state index contributed by atoms with van der Waals surface area (Å²) in [5, 5.41) is 6.41. The van der Waals surface area contributed by atoms with Crippen LogP contribution in [0.15, 0.2) is 65.6 Å². The summed E-state index contributed by atoms with van der Waals surface area (Å²) in [6.45, 7) is 1.03. The van der Waals surface area contributed by atoms with Gasteiger partial charge in [0.1, 0.15) is 0 Å². The number of amides is 1. The summed E-state index contributed by atoms with van der Waals surface area (Å²) in [7, 11) is 1.64. The number of aromatic nitrogens is 2. The number of pyridine rings is 1. The lowest BCUT2D eigenvalue weighted by Crippen LogP contribution is -2.54. The van der Waals surface area contributed by atoms with Crippen molar-refractivity contribution in [1.29, 1.82) is 0 Å². The Hall–Kier alpha value is -3.22. The molecule has 1 aliphatic rings. The molecule has 30 heavy (non-hydrogen) atoms. The van der Waals surface area contributed by atoms with Crippen LogP contribution in [0.1, 0.15) is 10.4 Å². The zero-order valence-electron chi connectivity index (χ0n) is 16.2. The normalized spacial score (nSPS) is 14.3. The Morgan fingerprint density at radius 3 is 2.63 bits per heavy atom. The molecule has 1 saturated heterocycles. The molecule has 2 aromatic heterocycles. The molecule has 150 valence electrons. The second kappa shape index (κ2) is 7.23. The number of rotatable bonds is 3. The van der Waals surface area contributed by atoms with Crippen LogP contribution in [0.5, 0.6) is 0 Å². The number of likely N-dealkylation sites (tertiary alicyclic amines) is 1. The minimum Gasteiger partial charge on any atom is -0.378 e. The number of hydrogen-bond acceptors (Lipinski definition) is 4. The SMILES string of the molecule is COC1CN(C(=O)c2cc(-c3ccccc3)c(=O)n3ncc4ccc(Cl)cc4c23)C1. The van der Waals surface area contributed by atoms with E-state index in [9.17, 15) is 9.59 Å². The molecule has 5 rings (SSSR count). The lowest BCUT2D eigenvalue weighted by molar-refractivity contribution is -0.0191. The molecule has 2 aromatic carbocycles. The van der Waals surface area contributed by atoms with Gasteiger partial charge in [0.2, 0.25) is 0 Å². The highest BCUT2D eigenvalue weighted by molar-refractivity contribution is 6.31. The van der Waals surface area contributed by atoms with Crippen LogP contribution < -0.4 is 5.56 Å². The monoisotopic (exact) mass is 419 g/mol. The van der Waals surface area contributed by atoms with E-state index >= 15 is 0 Å². The molecule has 3 heterocycles.